The van der Waals surface area contributed by atoms with Crippen LogP contribution in [0.5, 0.6) is 0 Å². The highest BCUT2D eigenvalue weighted by Crippen LogP contribution is 2.22. The molecule has 114 valence electrons. The first-order valence-electron chi connectivity index (χ1n) is 6.50. The molecule has 0 aliphatic heterocycles. The normalized spacial score (nSPS) is 10.1. The molecule has 2 rings (SSSR count). The molecule has 7 heteroatoms. The van der Waals surface area contributed by atoms with Crippen molar-refractivity contribution in [2.75, 3.05) is 17.2 Å². The molecule has 6 nitrogen and oxygen atoms in total. The number of hydrogen-bond donors (Lipinski definition) is 2. The molecule has 0 heterocycles. The quantitative estimate of drug-likeness (QED) is 0.448. The van der Waals surface area contributed by atoms with E-state index in [1.165, 1.54) is 12.1 Å². The van der Waals surface area contributed by atoms with Crippen molar-refractivity contribution in [2.24, 2.45) is 0 Å². The van der Waals surface area contributed by atoms with E-state index in [9.17, 15) is 14.9 Å². The van der Waals surface area contributed by atoms with E-state index >= 15 is 0 Å². The molecule has 0 aliphatic carbocycles. The van der Waals surface area contributed by atoms with Crippen LogP contribution in [0.25, 0.3) is 0 Å². The van der Waals surface area contributed by atoms with E-state index in [0.717, 1.165) is 14.8 Å². The zero-order valence-corrected chi connectivity index (χ0v) is 14.0. The van der Waals surface area contributed by atoms with Gasteiger partial charge in [-0.05, 0) is 47.2 Å². The van der Waals surface area contributed by atoms with Gasteiger partial charge in [-0.15, -0.1) is 0 Å². The van der Waals surface area contributed by atoms with E-state index in [1.54, 1.807) is 13.0 Å². The fourth-order valence-electron chi connectivity index (χ4n) is 1.83. The maximum absolute atomic E-state index is 12.0. The second-order valence-electron chi connectivity index (χ2n) is 4.64. The molecule has 2 aromatic carbocycles. The third kappa shape index (κ3) is 4.17. The van der Waals surface area contributed by atoms with Gasteiger partial charge in [-0.25, -0.2) is 0 Å². The number of hydrogen-bond acceptors (Lipinski definition) is 4. The predicted molar refractivity (Wildman–Crippen MR) is 94.1 cm³/mol. The van der Waals surface area contributed by atoms with Crippen molar-refractivity contribution < 1.29 is 9.72 Å². The van der Waals surface area contributed by atoms with E-state index in [4.69, 9.17) is 0 Å². The van der Waals surface area contributed by atoms with Crippen molar-refractivity contribution in [1.82, 2.24) is 0 Å². The van der Waals surface area contributed by atoms with Crippen molar-refractivity contribution in [3.63, 3.8) is 0 Å². The molecule has 0 saturated heterocycles. The van der Waals surface area contributed by atoms with Gasteiger partial charge in [-0.3, -0.25) is 14.9 Å². The molecule has 1 amide bonds. The van der Waals surface area contributed by atoms with Gasteiger partial charge < -0.3 is 10.6 Å². The number of nitro groups is 1. The van der Waals surface area contributed by atoms with Crippen LogP contribution >= 0.6 is 22.6 Å². The lowest BCUT2D eigenvalue weighted by Crippen LogP contribution is -2.22. The Kier molecular flexibility index (Phi) is 5.31. The number of benzene rings is 2. The second kappa shape index (κ2) is 7.21. The number of non-ortho nitro benzene ring substituents is 1. The summed E-state index contributed by atoms with van der Waals surface area (Å²) in [6.45, 7) is 1.87. The zero-order valence-electron chi connectivity index (χ0n) is 11.8. The minimum Gasteiger partial charge on any atom is -0.375 e. The molecule has 2 aromatic rings. The largest absolute Gasteiger partial charge is 0.375 e. The molecule has 0 aliphatic rings. The Bertz CT molecular complexity index is 719. The van der Waals surface area contributed by atoms with E-state index in [-0.39, 0.29) is 18.1 Å². The topological polar surface area (TPSA) is 84.3 Å². The monoisotopic (exact) mass is 411 g/mol. The first kappa shape index (κ1) is 16.2. The van der Waals surface area contributed by atoms with Crippen molar-refractivity contribution >= 4 is 45.6 Å². The highest BCUT2D eigenvalue weighted by molar-refractivity contribution is 14.1. The van der Waals surface area contributed by atoms with E-state index < -0.39 is 4.92 Å². The van der Waals surface area contributed by atoms with E-state index in [1.807, 2.05) is 24.3 Å². The van der Waals surface area contributed by atoms with Gasteiger partial charge in [0, 0.05) is 21.4 Å². The second-order valence-corrected chi connectivity index (χ2v) is 5.80. The van der Waals surface area contributed by atoms with Crippen LogP contribution in [0.4, 0.5) is 17.1 Å². The number of nitrogens with one attached hydrogen (secondary N) is 2. The summed E-state index contributed by atoms with van der Waals surface area (Å²) in [4.78, 5) is 22.3. The van der Waals surface area contributed by atoms with Gasteiger partial charge in [0.15, 0.2) is 0 Å². The molecule has 0 aromatic heterocycles. The average molecular weight is 411 g/mol. The van der Waals surface area contributed by atoms with Crippen LogP contribution in [-0.4, -0.2) is 17.4 Å². The molecule has 0 fully saturated rings. The van der Waals surface area contributed by atoms with Crippen molar-refractivity contribution in [2.45, 2.75) is 6.92 Å². The predicted octanol–water partition coefficient (Wildman–Crippen LogP) is 3.56. The maximum atomic E-state index is 12.0. The van der Waals surface area contributed by atoms with Crippen LogP contribution in [0.1, 0.15) is 5.56 Å². The first-order chi connectivity index (χ1) is 10.5. The Morgan fingerprint density at radius 1 is 1.23 bits per heavy atom. The van der Waals surface area contributed by atoms with E-state index in [2.05, 4.69) is 33.2 Å². The Balaban J connectivity index is 2.02. The summed E-state index contributed by atoms with van der Waals surface area (Å²) in [5, 5.41) is 16.5. The molecule has 0 spiro atoms. The summed E-state index contributed by atoms with van der Waals surface area (Å²) < 4.78 is 1.01. The highest BCUT2D eigenvalue weighted by atomic mass is 127. The molecule has 0 atom stereocenters. The number of amides is 1. The van der Waals surface area contributed by atoms with Gasteiger partial charge >= 0.3 is 0 Å². The Morgan fingerprint density at radius 2 is 1.95 bits per heavy atom. The molecule has 2 N–H and O–H groups in total. The molecule has 0 unspecified atom stereocenters. The fourth-order valence-corrected chi connectivity index (χ4v) is 2.41. The van der Waals surface area contributed by atoms with Crippen LogP contribution in [0, 0.1) is 20.6 Å². The molecular weight excluding hydrogens is 397 g/mol. The molecular formula is C15H14IN3O3. The SMILES string of the molecule is Cc1ccc([N+](=O)[O-])cc1NC(=O)CNc1ccccc1I. The number of anilines is 2. The van der Waals surface area contributed by atoms with Gasteiger partial charge in [0.1, 0.15) is 0 Å². The Hall–Kier alpha value is -2.16. The summed E-state index contributed by atoms with van der Waals surface area (Å²) in [6, 6.07) is 12.0. The lowest BCUT2D eigenvalue weighted by molar-refractivity contribution is -0.384. The van der Waals surface area contributed by atoms with Crippen molar-refractivity contribution in [1.29, 1.82) is 0 Å². The number of halogens is 1. The number of para-hydroxylation sites is 1. The summed E-state index contributed by atoms with van der Waals surface area (Å²) >= 11 is 2.18. The summed E-state index contributed by atoms with van der Waals surface area (Å²) in [6.07, 6.45) is 0. The third-order valence-corrected chi connectivity index (χ3v) is 3.96. The minimum atomic E-state index is -0.486. The zero-order chi connectivity index (χ0) is 16.1. The van der Waals surface area contributed by atoms with Crippen LogP contribution in [0.15, 0.2) is 42.5 Å². The minimum absolute atomic E-state index is 0.0496. The lowest BCUT2D eigenvalue weighted by atomic mass is 10.2. The van der Waals surface area contributed by atoms with Crippen LogP contribution in [-0.2, 0) is 4.79 Å². The van der Waals surface area contributed by atoms with Crippen LogP contribution in [0.2, 0.25) is 0 Å². The fraction of sp³-hybridized carbons (Fsp3) is 0.133. The molecule has 0 saturated carbocycles. The van der Waals surface area contributed by atoms with Crippen molar-refractivity contribution in [3.05, 3.63) is 61.7 Å². The molecule has 0 radical (unpaired) electrons. The van der Waals surface area contributed by atoms with E-state index in [0.29, 0.717) is 5.69 Å². The maximum Gasteiger partial charge on any atom is 0.271 e. The Labute approximate surface area is 141 Å². The van der Waals surface area contributed by atoms with Crippen molar-refractivity contribution in [3.8, 4) is 0 Å². The van der Waals surface area contributed by atoms with Gasteiger partial charge in [-0.2, -0.15) is 0 Å². The number of rotatable bonds is 5. The Morgan fingerprint density at radius 3 is 2.64 bits per heavy atom. The summed E-state index contributed by atoms with van der Waals surface area (Å²) in [7, 11) is 0. The summed E-state index contributed by atoms with van der Waals surface area (Å²) in [5.74, 6) is -0.261. The lowest BCUT2D eigenvalue weighted by Gasteiger charge is -2.10. The number of aryl methyl sites for hydroxylation is 1. The standard InChI is InChI=1S/C15H14IN3O3/c1-10-6-7-11(19(21)22)8-14(10)18-15(20)9-17-13-5-3-2-4-12(13)16/h2-8,17H,9H2,1H3,(H,18,20). The van der Waals surface area contributed by atoms with Gasteiger partial charge in [0.25, 0.3) is 5.69 Å². The van der Waals surface area contributed by atoms with Gasteiger partial charge in [-0.1, -0.05) is 18.2 Å². The number of nitrogens with zero attached hydrogens (tertiary/aromatic N) is 1. The number of carbonyl (C=O) groups excluding carboxylic acids is 1. The molecule has 0 bridgehead atoms. The van der Waals surface area contributed by atoms with Gasteiger partial charge in [0.05, 0.1) is 17.2 Å². The van der Waals surface area contributed by atoms with Crippen LogP contribution < -0.4 is 10.6 Å². The number of carbonyl (C=O) groups is 1. The van der Waals surface area contributed by atoms with Crippen LogP contribution in [0.3, 0.4) is 0 Å². The smallest absolute Gasteiger partial charge is 0.271 e. The third-order valence-electron chi connectivity index (χ3n) is 3.02. The molecule has 22 heavy (non-hydrogen) atoms. The average Bonchev–Trinajstić information content (AvgIpc) is 2.48. The summed E-state index contributed by atoms with van der Waals surface area (Å²) in [5.41, 5.74) is 2.04. The van der Waals surface area contributed by atoms with Gasteiger partial charge in [0.2, 0.25) is 5.91 Å². The number of nitro benzene ring substituents is 1. The highest BCUT2D eigenvalue weighted by Gasteiger charge is 2.11. The first-order valence-corrected chi connectivity index (χ1v) is 7.58.